The molecule has 0 heterocycles. The number of esters is 3. The van der Waals surface area contributed by atoms with Crippen LogP contribution in [0.4, 0.5) is 0 Å². The first-order valence-corrected chi connectivity index (χ1v) is 23.2. The van der Waals surface area contributed by atoms with Gasteiger partial charge in [0.2, 0.25) is 0 Å². The molecule has 5 rings (SSSR count). The molecule has 0 atom stereocenters. The van der Waals surface area contributed by atoms with E-state index in [1.54, 1.807) is 24.3 Å². The Hall–Kier alpha value is -7.52. The largest absolute Gasteiger partial charge is 0.494 e. The topological polar surface area (TPSA) is 153 Å². The molecule has 0 aliphatic heterocycles. The first kappa shape index (κ1) is 51.5. The number of carboxylic acid groups (broad SMARTS) is 1. The maximum atomic E-state index is 12.8. The number of carbonyl (C=O) groups excluding carboxylic acids is 3. The van der Waals surface area contributed by atoms with E-state index in [1.165, 1.54) is 24.3 Å². The lowest BCUT2D eigenvalue weighted by atomic mass is 10.1. The first-order chi connectivity index (χ1) is 33.2. The summed E-state index contributed by atoms with van der Waals surface area (Å²) in [7, 11) is 0. The average Bonchev–Trinajstić information content (AvgIpc) is 3.36. The summed E-state index contributed by atoms with van der Waals surface area (Å²) < 4.78 is 38.9. The van der Waals surface area contributed by atoms with Gasteiger partial charge in [-0.3, -0.25) is 0 Å². The van der Waals surface area contributed by atoms with Gasteiger partial charge in [0.05, 0.1) is 45.2 Å². The molecule has 0 saturated heterocycles. The Morgan fingerprint density at radius 2 is 0.897 bits per heavy atom. The standard InChI is InChI=1S/C56H60O12/c1-3-53(57)66-37-15-9-6-12-34-63-48-28-23-44(24-29-48)56(61)68-50-31-32-52(51(41-50)55(59)60)65-36-14-8-5-11-33-62-47-26-20-42(21-27-47)17-18-43-19-22-46-40-49(30-25-45(46)39-43)64-35-13-7-10-16-38-67-54(58)4-2/h3-4,19-32,39-41H,1-2,5-16,33-38H2,(H,59,60). The molecule has 0 aliphatic rings. The molecule has 0 fully saturated rings. The quantitative estimate of drug-likeness (QED) is 0.0153. The number of hydrogen-bond acceptors (Lipinski definition) is 11. The Morgan fingerprint density at radius 3 is 1.46 bits per heavy atom. The van der Waals surface area contributed by atoms with Gasteiger partial charge >= 0.3 is 23.9 Å². The number of hydrogen-bond donors (Lipinski definition) is 1. The highest BCUT2D eigenvalue weighted by Crippen LogP contribution is 2.27. The molecule has 0 spiro atoms. The van der Waals surface area contributed by atoms with Gasteiger partial charge in [-0.1, -0.05) is 37.1 Å². The van der Waals surface area contributed by atoms with E-state index in [0.717, 1.165) is 117 Å². The highest BCUT2D eigenvalue weighted by molar-refractivity contribution is 5.93. The van der Waals surface area contributed by atoms with E-state index < -0.39 is 17.9 Å². The number of aromatic carboxylic acids is 1. The number of ether oxygens (including phenoxy) is 7. The first-order valence-electron chi connectivity index (χ1n) is 23.2. The smallest absolute Gasteiger partial charge is 0.343 e. The number of rotatable bonds is 30. The van der Waals surface area contributed by atoms with Crippen molar-refractivity contribution < 1.29 is 57.4 Å². The van der Waals surface area contributed by atoms with Crippen LogP contribution in [0.5, 0.6) is 28.7 Å². The van der Waals surface area contributed by atoms with Crippen LogP contribution in [-0.4, -0.2) is 68.6 Å². The van der Waals surface area contributed by atoms with Crippen LogP contribution in [0, 0.1) is 11.8 Å². The fraction of sp³-hybridized carbons (Fsp3) is 0.321. The fourth-order valence-electron chi connectivity index (χ4n) is 6.78. The molecular formula is C56H60O12. The minimum atomic E-state index is -1.19. The van der Waals surface area contributed by atoms with E-state index in [1.807, 2.05) is 48.5 Å². The van der Waals surface area contributed by atoms with Crippen LogP contribution >= 0.6 is 0 Å². The third-order valence-corrected chi connectivity index (χ3v) is 10.5. The Balaban J connectivity index is 0.931. The summed E-state index contributed by atoms with van der Waals surface area (Å²) in [6, 6.07) is 30.8. The van der Waals surface area contributed by atoms with Crippen LogP contribution in [0.2, 0.25) is 0 Å². The SMILES string of the molecule is C=CC(=O)OCCCCCCOc1ccc(C(=O)Oc2ccc(OCCCCCCOc3ccc(C#Cc4ccc5cc(OCCCCCCOC(=O)C=C)ccc5c4)cc3)c(C(=O)O)c2)cc1. The second kappa shape index (κ2) is 29.2. The maximum Gasteiger partial charge on any atom is 0.343 e. The van der Waals surface area contributed by atoms with Gasteiger partial charge in [0.25, 0.3) is 0 Å². The van der Waals surface area contributed by atoms with Crippen molar-refractivity contribution in [2.24, 2.45) is 0 Å². The van der Waals surface area contributed by atoms with Crippen molar-refractivity contribution >= 4 is 34.6 Å². The molecule has 0 unspecified atom stereocenters. The summed E-state index contributed by atoms with van der Waals surface area (Å²) in [5, 5.41) is 12.0. The fourth-order valence-corrected chi connectivity index (χ4v) is 6.78. The molecule has 0 aromatic heterocycles. The lowest BCUT2D eigenvalue weighted by Gasteiger charge is -2.12. The Morgan fingerprint density at radius 1 is 0.456 bits per heavy atom. The van der Waals surface area contributed by atoms with Gasteiger partial charge in [-0.15, -0.1) is 0 Å². The summed E-state index contributed by atoms with van der Waals surface area (Å²) in [5.74, 6) is 6.39. The predicted molar refractivity (Wildman–Crippen MR) is 261 cm³/mol. The molecule has 0 saturated carbocycles. The minimum absolute atomic E-state index is 0.0910. The van der Waals surface area contributed by atoms with Crippen molar-refractivity contribution in [1.29, 1.82) is 0 Å². The van der Waals surface area contributed by atoms with E-state index in [0.29, 0.717) is 45.4 Å². The minimum Gasteiger partial charge on any atom is -0.494 e. The summed E-state index contributed by atoms with van der Waals surface area (Å²) in [5.41, 5.74) is 2.00. The molecule has 0 bridgehead atoms. The van der Waals surface area contributed by atoms with Crippen molar-refractivity contribution in [3.8, 4) is 40.6 Å². The average molecular weight is 925 g/mol. The highest BCUT2D eigenvalue weighted by Gasteiger charge is 2.16. The molecule has 356 valence electrons. The van der Waals surface area contributed by atoms with Crippen molar-refractivity contribution in [1.82, 2.24) is 0 Å². The molecule has 5 aromatic rings. The number of carbonyl (C=O) groups is 4. The monoisotopic (exact) mass is 924 g/mol. The Bertz CT molecular complexity index is 2480. The molecule has 0 aliphatic carbocycles. The van der Waals surface area contributed by atoms with Crippen LogP contribution in [-0.2, 0) is 19.1 Å². The van der Waals surface area contributed by atoms with Crippen LogP contribution in [0.3, 0.4) is 0 Å². The molecule has 12 heteroatoms. The van der Waals surface area contributed by atoms with Crippen LogP contribution in [0.25, 0.3) is 10.8 Å². The van der Waals surface area contributed by atoms with E-state index in [-0.39, 0.29) is 28.6 Å². The van der Waals surface area contributed by atoms with E-state index in [4.69, 9.17) is 33.2 Å². The zero-order chi connectivity index (χ0) is 48.2. The van der Waals surface area contributed by atoms with Gasteiger partial charge in [0.1, 0.15) is 34.3 Å². The van der Waals surface area contributed by atoms with Gasteiger partial charge in [0, 0.05) is 23.3 Å². The normalized spacial score (nSPS) is 10.5. The van der Waals surface area contributed by atoms with Crippen molar-refractivity contribution in [2.75, 3.05) is 39.6 Å². The summed E-state index contributed by atoms with van der Waals surface area (Å²) in [4.78, 5) is 47.0. The third kappa shape index (κ3) is 18.8. The predicted octanol–water partition coefficient (Wildman–Crippen LogP) is 11.5. The number of carboxylic acids is 1. The van der Waals surface area contributed by atoms with Gasteiger partial charge in [-0.05, 0) is 179 Å². The van der Waals surface area contributed by atoms with Crippen LogP contribution in [0.1, 0.15) is 109 Å². The second-order valence-electron chi connectivity index (χ2n) is 15.8. The summed E-state index contributed by atoms with van der Waals surface area (Å²) in [6.07, 6.45) is 12.9. The second-order valence-corrected chi connectivity index (χ2v) is 15.8. The molecule has 1 N–H and O–H groups in total. The van der Waals surface area contributed by atoms with Crippen molar-refractivity contribution in [3.05, 3.63) is 151 Å². The number of unbranched alkanes of at least 4 members (excludes halogenated alkanes) is 9. The Kier molecular flexibility index (Phi) is 22.1. The van der Waals surface area contributed by atoms with Gasteiger partial charge in [0.15, 0.2) is 0 Å². The molecule has 0 radical (unpaired) electrons. The van der Waals surface area contributed by atoms with Gasteiger partial charge < -0.3 is 38.3 Å². The Labute approximate surface area is 398 Å². The summed E-state index contributed by atoms with van der Waals surface area (Å²) >= 11 is 0. The zero-order valence-corrected chi connectivity index (χ0v) is 38.5. The third-order valence-electron chi connectivity index (χ3n) is 10.5. The van der Waals surface area contributed by atoms with E-state index in [2.05, 4.69) is 37.1 Å². The molecular weight excluding hydrogens is 865 g/mol. The van der Waals surface area contributed by atoms with Gasteiger partial charge in [-0.2, -0.15) is 0 Å². The number of benzene rings is 5. The maximum absolute atomic E-state index is 12.8. The molecule has 0 amide bonds. The zero-order valence-electron chi connectivity index (χ0n) is 38.5. The van der Waals surface area contributed by atoms with Crippen molar-refractivity contribution in [2.45, 2.75) is 77.0 Å². The lowest BCUT2D eigenvalue weighted by molar-refractivity contribution is -0.138. The van der Waals surface area contributed by atoms with E-state index >= 15 is 0 Å². The molecule has 68 heavy (non-hydrogen) atoms. The number of fused-ring (bicyclic) bond motifs is 1. The van der Waals surface area contributed by atoms with Crippen LogP contribution in [0.15, 0.2) is 128 Å². The van der Waals surface area contributed by atoms with Gasteiger partial charge in [-0.25, -0.2) is 19.2 Å². The summed E-state index contributed by atoms with van der Waals surface area (Å²) in [6.45, 7) is 9.58. The van der Waals surface area contributed by atoms with Crippen LogP contribution < -0.4 is 23.7 Å². The lowest BCUT2D eigenvalue weighted by Crippen LogP contribution is -2.10. The molecule has 5 aromatic carbocycles. The van der Waals surface area contributed by atoms with E-state index in [9.17, 15) is 24.3 Å². The van der Waals surface area contributed by atoms with Crippen molar-refractivity contribution in [3.63, 3.8) is 0 Å². The highest BCUT2D eigenvalue weighted by atomic mass is 16.5. The molecule has 12 nitrogen and oxygen atoms in total.